The minimum absolute atomic E-state index is 0.198. The van der Waals surface area contributed by atoms with Crippen LogP contribution in [-0.2, 0) is 23.1 Å². The highest BCUT2D eigenvalue weighted by Gasteiger charge is 2.19. The zero-order valence-electron chi connectivity index (χ0n) is 12.7. The van der Waals surface area contributed by atoms with Gasteiger partial charge in [0.15, 0.2) is 0 Å². The standard InChI is InChI=1S/C17H14ClN3O2S/c18-12-3-1-11(2-4-12)17(22)19-13-5-6-15-14(9-13)20-16-10-24(23)8-7-21(15)16/h1-6,9H,7-8,10H2,(H,19,22). The van der Waals surface area contributed by atoms with Crippen molar-refractivity contribution in [1.29, 1.82) is 0 Å². The molecule has 0 aliphatic carbocycles. The van der Waals surface area contributed by atoms with Gasteiger partial charge < -0.3 is 9.88 Å². The van der Waals surface area contributed by atoms with Gasteiger partial charge in [0.05, 0.1) is 16.8 Å². The third-order valence-corrected chi connectivity index (χ3v) is 5.49. The molecule has 0 radical (unpaired) electrons. The minimum atomic E-state index is -0.833. The fourth-order valence-electron chi connectivity index (χ4n) is 2.83. The van der Waals surface area contributed by atoms with Gasteiger partial charge in [0.1, 0.15) is 5.82 Å². The molecule has 0 spiro atoms. The van der Waals surface area contributed by atoms with E-state index in [1.807, 2.05) is 18.2 Å². The summed E-state index contributed by atoms with van der Waals surface area (Å²) >= 11 is 5.84. The van der Waals surface area contributed by atoms with E-state index >= 15 is 0 Å². The zero-order chi connectivity index (χ0) is 16.7. The number of amides is 1. The highest BCUT2D eigenvalue weighted by atomic mass is 35.5. The third-order valence-electron chi connectivity index (χ3n) is 4.02. The van der Waals surface area contributed by atoms with Crippen LogP contribution in [0.3, 0.4) is 0 Å². The average molecular weight is 360 g/mol. The van der Waals surface area contributed by atoms with Gasteiger partial charge >= 0.3 is 0 Å². The Labute approximate surface area is 146 Å². The van der Waals surface area contributed by atoms with Crippen LogP contribution in [-0.4, -0.2) is 25.4 Å². The number of nitrogens with zero attached hydrogens (tertiary/aromatic N) is 2. The SMILES string of the molecule is O=C(Nc1ccc2c(c1)nc1n2CCS(=O)C1)c1ccc(Cl)cc1. The number of hydrogen-bond donors (Lipinski definition) is 1. The van der Waals surface area contributed by atoms with E-state index in [0.29, 0.717) is 27.8 Å². The number of aryl methyl sites for hydroxylation is 1. The van der Waals surface area contributed by atoms with Gasteiger partial charge in [0.2, 0.25) is 0 Å². The summed E-state index contributed by atoms with van der Waals surface area (Å²) in [6, 6.07) is 12.4. The molecule has 7 heteroatoms. The van der Waals surface area contributed by atoms with E-state index in [-0.39, 0.29) is 5.91 Å². The van der Waals surface area contributed by atoms with Crippen LogP contribution in [0.2, 0.25) is 5.02 Å². The third kappa shape index (κ3) is 2.83. The number of rotatable bonds is 2. The Hall–Kier alpha value is -2.18. The molecular formula is C17H14ClN3O2S. The van der Waals surface area contributed by atoms with Crippen LogP contribution in [0.15, 0.2) is 42.5 Å². The molecule has 1 amide bonds. The van der Waals surface area contributed by atoms with Gasteiger partial charge in [-0.25, -0.2) is 4.98 Å². The van der Waals surface area contributed by atoms with Gasteiger partial charge in [-0.2, -0.15) is 0 Å². The van der Waals surface area contributed by atoms with E-state index in [0.717, 1.165) is 23.4 Å². The zero-order valence-corrected chi connectivity index (χ0v) is 14.2. The van der Waals surface area contributed by atoms with Crippen LogP contribution < -0.4 is 5.32 Å². The molecule has 24 heavy (non-hydrogen) atoms. The molecule has 2 heterocycles. The lowest BCUT2D eigenvalue weighted by Gasteiger charge is -2.13. The van der Waals surface area contributed by atoms with Gasteiger partial charge in [-0.15, -0.1) is 0 Å². The number of carbonyl (C=O) groups is 1. The first-order chi connectivity index (χ1) is 11.6. The number of aromatic nitrogens is 2. The van der Waals surface area contributed by atoms with E-state index in [9.17, 15) is 9.00 Å². The number of halogens is 1. The second kappa shape index (κ2) is 6.03. The lowest BCUT2D eigenvalue weighted by Crippen LogP contribution is -2.19. The van der Waals surface area contributed by atoms with Crippen LogP contribution >= 0.6 is 11.6 Å². The fraction of sp³-hybridized carbons (Fsp3) is 0.176. The Morgan fingerprint density at radius 3 is 2.79 bits per heavy atom. The molecule has 1 aliphatic heterocycles. The highest BCUT2D eigenvalue weighted by Crippen LogP contribution is 2.24. The Bertz CT molecular complexity index is 966. The number of anilines is 1. The van der Waals surface area contributed by atoms with E-state index in [2.05, 4.69) is 14.9 Å². The highest BCUT2D eigenvalue weighted by molar-refractivity contribution is 7.84. The van der Waals surface area contributed by atoms with Gasteiger partial charge in [-0.3, -0.25) is 9.00 Å². The molecule has 4 rings (SSSR count). The fourth-order valence-corrected chi connectivity index (χ4v) is 4.00. The van der Waals surface area contributed by atoms with E-state index in [1.54, 1.807) is 24.3 Å². The number of hydrogen-bond acceptors (Lipinski definition) is 3. The molecule has 122 valence electrons. The minimum Gasteiger partial charge on any atom is -0.326 e. The van der Waals surface area contributed by atoms with Crippen LogP contribution in [0.5, 0.6) is 0 Å². The quantitative estimate of drug-likeness (QED) is 0.764. The van der Waals surface area contributed by atoms with Crippen LogP contribution in [0.25, 0.3) is 11.0 Å². The van der Waals surface area contributed by atoms with Crippen molar-refractivity contribution in [2.45, 2.75) is 12.3 Å². The number of nitrogens with one attached hydrogen (secondary N) is 1. The maximum absolute atomic E-state index is 12.3. The Kier molecular flexibility index (Phi) is 3.86. The molecule has 1 atom stereocenters. The van der Waals surface area contributed by atoms with Crippen LogP contribution in [0, 0.1) is 0 Å². The Morgan fingerprint density at radius 1 is 1.21 bits per heavy atom. The Balaban J connectivity index is 1.62. The summed E-state index contributed by atoms with van der Waals surface area (Å²) < 4.78 is 13.8. The van der Waals surface area contributed by atoms with Crippen molar-refractivity contribution >= 4 is 45.0 Å². The molecular weight excluding hydrogens is 346 g/mol. The second-order valence-corrected chi connectivity index (χ2v) is 7.65. The molecule has 0 fully saturated rings. The molecule has 5 nitrogen and oxygen atoms in total. The normalized spacial score (nSPS) is 16.8. The molecule has 0 saturated heterocycles. The summed E-state index contributed by atoms with van der Waals surface area (Å²) in [6.45, 7) is 0.717. The molecule has 2 aromatic carbocycles. The number of carbonyl (C=O) groups excluding carboxylic acids is 1. The first-order valence-corrected chi connectivity index (χ1v) is 9.38. The summed E-state index contributed by atoms with van der Waals surface area (Å²) in [7, 11) is -0.833. The van der Waals surface area contributed by atoms with Crippen molar-refractivity contribution in [2.75, 3.05) is 11.1 Å². The molecule has 1 aromatic heterocycles. The average Bonchev–Trinajstić information content (AvgIpc) is 2.91. The van der Waals surface area contributed by atoms with Crippen molar-refractivity contribution in [1.82, 2.24) is 9.55 Å². The van der Waals surface area contributed by atoms with E-state index in [1.165, 1.54) is 0 Å². The molecule has 1 unspecified atom stereocenters. The molecule has 1 N–H and O–H groups in total. The van der Waals surface area contributed by atoms with Crippen molar-refractivity contribution in [3.05, 3.63) is 58.9 Å². The first-order valence-electron chi connectivity index (χ1n) is 7.51. The summed E-state index contributed by atoms with van der Waals surface area (Å²) in [4.78, 5) is 16.8. The topological polar surface area (TPSA) is 64.0 Å². The smallest absolute Gasteiger partial charge is 0.255 e. The summed E-state index contributed by atoms with van der Waals surface area (Å²) in [6.07, 6.45) is 0. The molecule has 1 aliphatic rings. The van der Waals surface area contributed by atoms with E-state index < -0.39 is 10.8 Å². The van der Waals surface area contributed by atoms with Gasteiger partial charge in [0, 0.05) is 39.4 Å². The lowest BCUT2D eigenvalue weighted by molar-refractivity contribution is 0.102. The Morgan fingerprint density at radius 2 is 2.00 bits per heavy atom. The van der Waals surface area contributed by atoms with E-state index in [4.69, 9.17) is 11.6 Å². The number of benzene rings is 2. The van der Waals surface area contributed by atoms with Gasteiger partial charge in [-0.1, -0.05) is 11.6 Å². The summed E-state index contributed by atoms with van der Waals surface area (Å²) in [5.74, 6) is 1.79. The monoisotopic (exact) mass is 359 g/mol. The van der Waals surface area contributed by atoms with Crippen molar-refractivity contribution in [2.24, 2.45) is 0 Å². The maximum atomic E-state index is 12.3. The lowest BCUT2D eigenvalue weighted by atomic mass is 10.2. The van der Waals surface area contributed by atoms with Crippen molar-refractivity contribution in [3.63, 3.8) is 0 Å². The van der Waals surface area contributed by atoms with Crippen molar-refractivity contribution < 1.29 is 9.00 Å². The largest absolute Gasteiger partial charge is 0.326 e. The van der Waals surface area contributed by atoms with Gasteiger partial charge in [-0.05, 0) is 42.5 Å². The second-order valence-electron chi connectivity index (χ2n) is 5.63. The van der Waals surface area contributed by atoms with Crippen LogP contribution in [0.1, 0.15) is 16.2 Å². The molecule has 0 saturated carbocycles. The summed E-state index contributed by atoms with van der Waals surface area (Å²) in [5, 5.41) is 3.46. The molecule has 0 bridgehead atoms. The number of fused-ring (bicyclic) bond motifs is 3. The first kappa shape index (κ1) is 15.4. The molecule has 3 aromatic rings. The maximum Gasteiger partial charge on any atom is 0.255 e. The predicted octanol–water partition coefficient (Wildman–Crippen LogP) is 3.20. The predicted molar refractivity (Wildman–Crippen MR) is 95.9 cm³/mol. The van der Waals surface area contributed by atoms with Crippen molar-refractivity contribution in [3.8, 4) is 0 Å². The van der Waals surface area contributed by atoms with Crippen LogP contribution in [0.4, 0.5) is 5.69 Å². The number of imidazole rings is 1. The van der Waals surface area contributed by atoms with Gasteiger partial charge in [0.25, 0.3) is 5.91 Å². The summed E-state index contributed by atoms with van der Waals surface area (Å²) in [5.41, 5.74) is 3.03.